The highest BCUT2D eigenvalue weighted by molar-refractivity contribution is 7.50. The van der Waals surface area contributed by atoms with Crippen LogP contribution in [0.2, 0.25) is 0 Å². The average Bonchev–Trinajstić information content (AvgIpc) is 1.65. The topological polar surface area (TPSA) is 60.7 Å². The van der Waals surface area contributed by atoms with Crippen LogP contribution < -0.4 is 0 Å². The molecule has 0 aliphatic heterocycles. The summed E-state index contributed by atoms with van der Waals surface area (Å²) in [4.78, 5) is 8.23. The van der Waals surface area contributed by atoms with Gasteiger partial charge in [0.1, 0.15) is 0 Å². The SMILES string of the molecule is OCP(O)CO. The summed E-state index contributed by atoms with van der Waals surface area (Å²) in [5.41, 5.74) is 0. The summed E-state index contributed by atoms with van der Waals surface area (Å²) < 4.78 is 0. The van der Waals surface area contributed by atoms with Crippen LogP contribution in [0, 0.1) is 0 Å². The second kappa shape index (κ2) is 3.50. The van der Waals surface area contributed by atoms with Crippen molar-refractivity contribution in [1.29, 1.82) is 0 Å². The minimum atomic E-state index is -1.47. The molecule has 0 rings (SSSR count). The number of aliphatic hydroxyl groups excluding tert-OH is 2. The molecule has 0 aromatic rings. The molecule has 38 valence electrons. The number of rotatable bonds is 2. The Bertz CT molecular complexity index is 28.0. The zero-order valence-electron chi connectivity index (χ0n) is 3.20. The van der Waals surface area contributed by atoms with Crippen LogP contribution in [-0.2, 0) is 0 Å². The third kappa shape index (κ3) is 2.54. The standard InChI is InChI=1S/C2H7O3P/c3-1-6(5)2-4/h3-5H,1-2H2. The van der Waals surface area contributed by atoms with E-state index in [0.29, 0.717) is 0 Å². The van der Waals surface area contributed by atoms with E-state index in [0.717, 1.165) is 0 Å². The number of hydrogen-bond acceptors (Lipinski definition) is 3. The Morgan fingerprint density at radius 2 is 1.50 bits per heavy atom. The second-order valence-corrected chi connectivity index (χ2v) is 2.37. The third-order valence-electron chi connectivity index (χ3n) is 0.326. The van der Waals surface area contributed by atoms with E-state index in [2.05, 4.69) is 0 Å². The molecule has 0 radical (unpaired) electrons. The predicted molar refractivity (Wildman–Crippen MR) is 23.3 cm³/mol. The average molecular weight is 110 g/mol. The van der Waals surface area contributed by atoms with Crippen LogP contribution in [0.15, 0.2) is 0 Å². The third-order valence-corrected chi connectivity index (χ3v) is 0.979. The molecule has 0 aromatic carbocycles. The van der Waals surface area contributed by atoms with Crippen LogP contribution in [0.25, 0.3) is 0 Å². The van der Waals surface area contributed by atoms with E-state index in [-0.39, 0.29) is 12.7 Å². The van der Waals surface area contributed by atoms with E-state index in [1.807, 2.05) is 0 Å². The van der Waals surface area contributed by atoms with E-state index in [9.17, 15) is 0 Å². The van der Waals surface area contributed by atoms with Crippen molar-refractivity contribution in [3.05, 3.63) is 0 Å². The van der Waals surface area contributed by atoms with Crippen molar-refractivity contribution in [3.63, 3.8) is 0 Å². The van der Waals surface area contributed by atoms with Crippen LogP contribution in [0.4, 0.5) is 0 Å². The minimum absolute atomic E-state index is 0.300. The van der Waals surface area contributed by atoms with Gasteiger partial charge in [0.25, 0.3) is 0 Å². The number of hydrogen-bond donors (Lipinski definition) is 3. The van der Waals surface area contributed by atoms with Crippen LogP contribution in [0.3, 0.4) is 0 Å². The maximum absolute atomic E-state index is 8.23. The predicted octanol–water partition coefficient (Wildman–Crippen LogP) is -0.725. The van der Waals surface area contributed by atoms with Gasteiger partial charge in [-0.15, -0.1) is 0 Å². The molecule has 0 saturated heterocycles. The fourth-order valence-corrected chi connectivity index (χ4v) is 0.134. The van der Waals surface area contributed by atoms with Gasteiger partial charge in [0.2, 0.25) is 0 Å². The summed E-state index contributed by atoms with van der Waals surface area (Å²) in [6, 6.07) is 0. The highest BCUT2D eigenvalue weighted by atomic mass is 31.1. The van der Waals surface area contributed by atoms with Gasteiger partial charge in [-0.1, -0.05) is 0 Å². The lowest BCUT2D eigenvalue weighted by atomic mass is 11.7. The number of aliphatic hydroxyl groups is 2. The van der Waals surface area contributed by atoms with Gasteiger partial charge in [0, 0.05) is 0 Å². The summed E-state index contributed by atoms with van der Waals surface area (Å²) >= 11 is 0. The van der Waals surface area contributed by atoms with Crippen LogP contribution in [0.5, 0.6) is 0 Å². The van der Waals surface area contributed by atoms with Crippen molar-refractivity contribution in [2.75, 3.05) is 12.7 Å². The summed E-state index contributed by atoms with van der Waals surface area (Å²) in [5, 5.41) is 15.9. The van der Waals surface area contributed by atoms with Gasteiger partial charge in [-0.3, -0.25) is 0 Å². The van der Waals surface area contributed by atoms with E-state index in [4.69, 9.17) is 15.1 Å². The minimum Gasteiger partial charge on any atom is -0.389 e. The monoisotopic (exact) mass is 110 g/mol. The highest BCUT2D eigenvalue weighted by Crippen LogP contribution is 2.24. The fourth-order valence-electron chi connectivity index (χ4n) is 0.0447. The normalized spacial score (nSPS) is 10.0. The molecule has 0 aromatic heterocycles. The molecule has 3 nitrogen and oxygen atoms in total. The van der Waals surface area contributed by atoms with Crippen molar-refractivity contribution in [2.24, 2.45) is 0 Å². The Morgan fingerprint density at radius 3 is 1.50 bits per heavy atom. The van der Waals surface area contributed by atoms with Crippen molar-refractivity contribution in [1.82, 2.24) is 0 Å². The zero-order valence-corrected chi connectivity index (χ0v) is 4.10. The lowest BCUT2D eigenvalue weighted by Crippen LogP contribution is -1.83. The molecule has 3 N–H and O–H groups in total. The Labute approximate surface area is 37.1 Å². The Morgan fingerprint density at radius 1 is 1.17 bits per heavy atom. The quantitative estimate of drug-likeness (QED) is 0.411. The van der Waals surface area contributed by atoms with Gasteiger partial charge < -0.3 is 15.1 Å². The molecule has 0 fully saturated rings. The van der Waals surface area contributed by atoms with E-state index in [1.54, 1.807) is 0 Å². The smallest absolute Gasteiger partial charge is 0.0890 e. The molecule has 0 saturated carbocycles. The molecule has 0 atom stereocenters. The largest absolute Gasteiger partial charge is 0.389 e. The molecule has 0 amide bonds. The maximum Gasteiger partial charge on any atom is 0.0890 e. The van der Waals surface area contributed by atoms with Gasteiger partial charge in [0.15, 0.2) is 0 Å². The van der Waals surface area contributed by atoms with E-state index >= 15 is 0 Å². The molecule has 4 heteroatoms. The van der Waals surface area contributed by atoms with Crippen molar-refractivity contribution >= 4 is 8.15 Å². The molecule has 0 unspecified atom stereocenters. The Kier molecular flexibility index (Phi) is 3.68. The van der Waals surface area contributed by atoms with Gasteiger partial charge in [-0.05, 0) is 0 Å². The van der Waals surface area contributed by atoms with Gasteiger partial charge in [-0.2, -0.15) is 0 Å². The van der Waals surface area contributed by atoms with E-state index in [1.165, 1.54) is 0 Å². The fraction of sp³-hybridized carbons (Fsp3) is 1.00. The molecule has 0 bridgehead atoms. The van der Waals surface area contributed by atoms with Crippen LogP contribution >= 0.6 is 8.15 Å². The lowest BCUT2D eigenvalue weighted by Gasteiger charge is -1.96. The molecule has 6 heavy (non-hydrogen) atoms. The van der Waals surface area contributed by atoms with Crippen LogP contribution in [-0.4, -0.2) is 27.8 Å². The molecular formula is C2H7O3P. The summed E-state index contributed by atoms with van der Waals surface area (Å²) in [6.07, 6.45) is -0.600. The summed E-state index contributed by atoms with van der Waals surface area (Å²) in [5.74, 6) is 0. The second-order valence-electron chi connectivity index (χ2n) is 0.789. The molecule has 0 spiro atoms. The van der Waals surface area contributed by atoms with E-state index < -0.39 is 8.15 Å². The zero-order chi connectivity index (χ0) is 4.99. The van der Waals surface area contributed by atoms with Gasteiger partial charge >= 0.3 is 0 Å². The van der Waals surface area contributed by atoms with Gasteiger partial charge in [0.05, 0.1) is 20.8 Å². The Balaban J connectivity index is 2.75. The van der Waals surface area contributed by atoms with Crippen LogP contribution in [0.1, 0.15) is 0 Å². The first kappa shape index (κ1) is 6.31. The van der Waals surface area contributed by atoms with Crippen molar-refractivity contribution in [2.45, 2.75) is 0 Å². The first-order valence-electron chi connectivity index (χ1n) is 1.46. The van der Waals surface area contributed by atoms with Crippen molar-refractivity contribution in [3.8, 4) is 0 Å². The lowest BCUT2D eigenvalue weighted by molar-refractivity contribution is 0.323. The molecule has 0 heterocycles. The highest BCUT2D eigenvalue weighted by Gasteiger charge is 1.93. The summed E-state index contributed by atoms with van der Waals surface area (Å²) in [6.45, 7) is 0. The van der Waals surface area contributed by atoms with Gasteiger partial charge in [-0.25, -0.2) is 0 Å². The Hall–Kier alpha value is 0.310. The van der Waals surface area contributed by atoms with Crippen molar-refractivity contribution < 1.29 is 15.1 Å². The molecule has 0 aliphatic rings. The first-order chi connectivity index (χ1) is 2.81. The summed E-state index contributed by atoms with van der Waals surface area (Å²) in [7, 11) is -1.47. The first-order valence-corrected chi connectivity index (χ1v) is 3.13. The maximum atomic E-state index is 8.23. The molecule has 0 aliphatic carbocycles. The molecular weight excluding hydrogens is 103 g/mol.